The highest BCUT2D eigenvalue weighted by molar-refractivity contribution is 7.91. The maximum Gasteiger partial charge on any atom is 0.281 e. The molecule has 0 saturated heterocycles. The lowest BCUT2D eigenvalue weighted by molar-refractivity contribution is -0.0647. The van der Waals surface area contributed by atoms with E-state index in [1.165, 1.54) is 12.1 Å². The number of amides is 1. The summed E-state index contributed by atoms with van der Waals surface area (Å²) in [4.78, 5) is 13.0. The van der Waals surface area contributed by atoms with Gasteiger partial charge in [0.2, 0.25) is 9.84 Å². The summed E-state index contributed by atoms with van der Waals surface area (Å²) in [6.45, 7) is 4.48. The molecule has 2 N–H and O–H groups in total. The molecule has 0 bridgehead atoms. The number of rotatable bonds is 3. The third-order valence-corrected chi connectivity index (χ3v) is 9.31. The van der Waals surface area contributed by atoms with Gasteiger partial charge in [0.15, 0.2) is 0 Å². The average molecular weight is 486 g/mol. The first-order chi connectivity index (χ1) is 15.6. The van der Waals surface area contributed by atoms with Gasteiger partial charge in [0.25, 0.3) is 5.91 Å². The first-order valence-corrected chi connectivity index (χ1v) is 12.9. The van der Waals surface area contributed by atoms with Crippen molar-refractivity contribution in [3.63, 3.8) is 0 Å². The largest absolute Gasteiger partial charge is 0.378 e. The summed E-state index contributed by atoms with van der Waals surface area (Å²) in [5, 5.41) is 15.1. The molecular weight excluding hydrogens is 462 g/mol. The van der Waals surface area contributed by atoms with E-state index in [1.807, 2.05) is 18.3 Å². The quantitative estimate of drug-likeness (QED) is 0.515. The Balaban J connectivity index is 1.47. The van der Waals surface area contributed by atoms with Gasteiger partial charge in [-0.3, -0.25) is 10.0 Å². The van der Waals surface area contributed by atoms with Crippen molar-refractivity contribution in [1.82, 2.24) is 9.63 Å². The predicted octanol–water partition coefficient (Wildman–Crippen LogP) is 4.89. The van der Waals surface area contributed by atoms with Gasteiger partial charge >= 0.3 is 0 Å². The van der Waals surface area contributed by atoms with E-state index in [2.05, 4.69) is 23.7 Å². The van der Waals surface area contributed by atoms with E-state index in [-0.39, 0.29) is 38.1 Å². The van der Waals surface area contributed by atoms with E-state index in [0.717, 1.165) is 23.7 Å². The molecular formula is C24H24ClN3O4S. The average Bonchev–Trinajstić information content (AvgIpc) is 3.39. The molecule has 0 spiro atoms. The normalized spacial score (nSPS) is 24.0. The molecule has 2 heterocycles. The molecule has 2 aromatic carbocycles. The minimum atomic E-state index is -3.97. The third kappa shape index (κ3) is 3.11. The Morgan fingerprint density at radius 3 is 2.64 bits per heavy atom. The van der Waals surface area contributed by atoms with E-state index in [0.29, 0.717) is 22.9 Å². The van der Waals surface area contributed by atoms with Crippen LogP contribution in [0.1, 0.15) is 49.5 Å². The number of hydrogen-bond donors (Lipinski definition) is 2. The molecule has 9 heteroatoms. The van der Waals surface area contributed by atoms with Crippen molar-refractivity contribution < 1.29 is 18.4 Å². The summed E-state index contributed by atoms with van der Waals surface area (Å²) in [5.74, 6) is -0.693. The van der Waals surface area contributed by atoms with Crippen molar-refractivity contribution in [1.29, 1.82) is 0 Å². The van der Waals surface area contributed by atoms with Crippen LogP contribution in [0.3, 0.4) is 0 Å². The van der Waals surface area contributed by atoms with Gasteiger partial charge in [-0.15, -0.1) is 0 Å². The number of hydroxylamine groups is 2. The van der Waals surface area contributed by atoms with Crippen molar-refractivity contribution in [2.75, 3.05) is 5.32 Å². The lowest BCUT2D eigenvalue weighted by atomic mass is 9.68. The number of sulfone groups is 1. The molecule has 33 heavy (non-hydrogen) atoms. The zero-order chi connectivity index (χ0) is 23.3. The smallest absolute Gasteiger partial charge is 0.281 e. The SMILES string of the molecule is CC1(C)CC(n2ccc3ccc(S(=O)(=O)c4ccc(Cl)c5c4NC4CC4N(O)C5=O)cc32)C1. The van der Waals surface area contributed by atoms with E-state index in [4.69, 9.17) is 11.6 Å². The van der Waals surface area contributed by atoms with E-state index >= 15 is 0 Å². The summed E-state index contributed by atoms with van der Waals surface area (Å²) in [6.07, 6.45) is 4.67. The van der Waals surface area contributed by atoms with Gasteiger partial charge in [-0.05, 0) is 60.4 Å². The Kier molecular flexibility index (Phi) is 4.29. The van der Waals surface area contributed by atoms with Crippen LogP contribution in [0.4, 0.5) is 5.69 Å². The number of halogens is 1. The standard InChI is InChI=1S/C24H24ClN3O4S/c1-24(2)11-14(12-24)27-8-7-13-3-4-15(9-18(13)27)33(31,32)20-6-5-16(25)21-22(20)26-17-10-19(17)28(30)23(21)29/h3-9,14,17,19,26,30H,10-12H2,1-2H3. The van der Waals surface area contributed by atoms with Gasteiger partial charge in [-0.1, -0.05) is 31.5 Å². The number of carbonyl (C=O) groups is 1. The van der Waals surface area contributed by atoms with Crippen LogP contribution in [-0.2, 0) is 9.84 Å². The molecule has 1 aromatic heterocycles. The molecule has 1 amide bonds. The fraction of sp³-hybridized carbons (Fsp3) is 0.375. The first kappa shape index (κ1) is 21.0. The van der Waals surface area contributed by atoms with Crippen molar-refractivity contribution in [2.24, 2.45) is 5.41 Å². The highest BCUT2D eigenvalue weighted by Crippen LogP contribution is 2.49. The van der Waals surface area contributed by atoms with Crippen LogP contribution in [0.15, 0.2) is 52.4 Å². The molecule has 3 aliphatic rings. The molecule has 2 atom stereocenters. The Morgan fingerprint density at radius 1 is 1.15 bits per heavy atom. The fourth-order valence-electron chi connectivity index (χ4n) is 5.35. The van der Waals surface area contributed by atoms with Gasteiger partial charge in [0, 0.05) is 17.8 Å². The number of aromatic nitrogens is 1. The maximum absolute atomic E-state index is 13.8. The van der Waals surface area contributed by atoms with Gasteiger partial charge in [-0.2, -0.15) is 0 Å². The maximum atomic E-state index is 13.8. The molecule has 2 aliphatic carbocycles. The van der Waals surface area contributed by atoms with Gasteiger partial charge < -0.3 is 9.88 Å². The Morgan fingerprint density at radius 2 is 1.91 bits per heavy atom. The van der Waals surface area contributed by atoms with Crippen molar-refractivity contribution >= 4 is 43.9 Å². The van der Waals surface area contributed by atoms with E-state index in [1.54, 1.807) is 12.1 Å². The monoisotopic (exact) mass is 485 g/mol. The molecule has 2 unspecified atom stereocenters. The number of nitrogens with one attached hydrogen (secondary N) is 1. The highest BCUT2D eigenvalue weighted by atomic mass is 35.5. The third-order valence-electron chi connectivity index (χ3n) is 7.20. The second-order valence-electron chi connectivity index (χ2n) is 10.2. The topological polar surface area (TPSA) is 91.6 Å². The van der Waals surface area contributed by atoms with Crippen LogP contribution < -0.4 is 5.32 Å². The van der Waals surface area contributed by atoms with Crippen molar-refractivity contribution in [3.8, 4) is 0 Å². The van der Waals surface area contributed by atoms with Gasteiger partial charge in [0.05, 0.1) is 38.1 Å². The van der Waals surface area contributed by atoms with Crippen LogP contribution in [0.25, 0.3) is 10.9 Å². The number of nitrogens with zero attached hydrogens (tertiary/aromatic N) is 2. The minimum absolute atomic E-state index is 0.0153. The number of carbonyl (C=O) groups excluding carboxylic acids is 1. The second-order valence-corrected chi connectivity index (χ2v) is 12.5. The molecule has 172 valence electrons. The van der Waals surface area contributed by atoms with Crippen LogP contribution in [0, 0.1) is 5.41 Å². The summed E-state index contributed by atoms with van der Waals surface area (Å²) < 4.78 is 29.8. The molecule has 0 radical (unpaired) electrons. The zero-order valence-corrected chi connectivity index (χ0v) is 19.8. The van der Waals surface area contributed by atoms with Crippen molar-refractivity contribution in [2.45, 2.75) is 61.0 Å². The summed E-state index contributed by atoms with van der Waals surface area (Å²) >= 11 is 6.27. The molecule has 3 aromatic rings. The molecule has 7 nitrogen and oxygen atoms in total. The number of anilines is 1. The zero-order valence-electron chi connectivity index (χ0n) is 18.2. The fourth-order valence-corrected chi connectivity index (χ4v) is 7.03. The van der Waals surface area contributed by atoms with Crippen LogP contribution in [0.5, 0.6) is 0 Å². The van der Waals surface area contributed by atoms with Crippen LogP contribution in [-0.4, -0.2) is 41.2 Å². The van der Waals surface area contributed by atoms with E-state index in [9.17, 15) is 18.4 Å². The minimum Gasteiger partial charge on any atom is -0.378 e. The number of hydrogen-bond acceptors (Lipinski definition) is 5. The van der Waals surface area contributed by atoms with Crippen LogP contribution in [0.2, 0.25) is 5.02 Å². The molecule has 2 saturated carbocycles. The Bertz CT molecular complexity index is 1440. The molecule has 2 fully saturated rings. The van der Waals surface area contributed by atoms with Crippen molar-refractivity contribution in [3.05, 3.63) is 53.2 Å². The predicted molar refractivity (Wildman–Crippen MR) is 125 cm³/mol. The number of fused-ring (bicyclic) bond motifs is 3. The lowest BCUT2D eigenvalue weighted by Gasteiger charge is -2.43. The summed E-state index contributed by atoms with van der Waals surface area (Å²) in [6, 6.07) is 9.73. The van der Waals surface area contributed by atoms with Crippen LogP contribution >= 0.6 is 11.6 Å². The first-order valence-electron chi connectivity index (χ1n) is 11.0. The van der Waals surface area contributed by atoms with Gasteiger partial charge in [-0.25, -0.2) is 13.5 Å². The number of benzene rings is 2. The highest BCUT2D eigenvalue weighted by Gasteiger charge is 2.49. The summed E-state index contributed by atoms with van der Waals surface area (Å²) in [7, 11) is -3.97. The van der Waals surface area contributed by atoms with Gasteiger partial charge in [0.1, 0.15) is 0 Å². The Labute approximate surface area is 196 Å². The van der Waals surface area contributed by atoms with E-state index < -0.39 is 15.7 Å². The summed E-state index contributed by atoms with van der Waals surface area (Å²) in [5.41, 5.74) is 1.32. The lowest BCUT2D eigenvalue weighted by Crippen LogP contribution is -2.33. The molecule has 6 rings (SSSR count). The molecule has 1 aliphatic heterocycles. The Hall–Kier alpha value is -2.55. The second kappa shape index (κ2) is 6.74.